The summed E-state index contributed by atoms with van der Waals surface area (Å²) >= 11 is 0. The first-order valence-corrected chi connectivity index (χ1v) is 12.4. The number of carboxylic acids is 1. The normalized spacial score (nSPS) is 14.9. The molecule has 0 radical (unpaired) electrons. The van der Waals surface area contributed by atoms with Gasteiger partial charge in [-0.2, -0.15) is 5.21 Å². The summed E-state index contributed by atoms with van der Waals surface area (Å²) in [5.74, 6) is 1.99. The van der Waals surface area contributed by atoms with Gasteiger partial charge in [-0.15, -0.1) is 16.6 Å². The molecule has 1 aliphatic rings. The maximum atomic E-state index is 12.8. The number of benzene rings is 2. The maximum absolute atomic E-state index is 12.8. The van der Waals surface area contributed by atoms with Gasteiger partial charge in [0, 0.05) is 17.7 Å². The van der Waals surface area contributed by atoms with Gasteiger partial charge in [0.15, 0.2) is 5.82 Å². The fraction of sp³-hybridized carbons (Fsp3) is 0.296. The van der Waals surface area contributed by atoms with Gasteiger partial charge in [0.1, 0.15) is 11.9 Å². The van der Waals surface area contributed by atoms with Crippen molar-refractivity contribution in [1.82, 2.24) is 35.9 Å². The molecule has 2 atom stereocenters. The minimum atomic E-state index is -1.15. The topological polar surface area (TPSA) is 170 Å². The van der Waals surface area contributed by atoms with E-state index in [1.807, 2.05) is 12.1 Å². The lowest BCUT2D eigenvalue weighted by molar-refractivity contribution is -0.139. The van der Waals surface area contributed by atoms with E-state index < -0.39 is 17.9 Å². The quantitative estimate of drug-likeness (QED) is 0.237. The lowest BCUT2D eigenvalue weighted by atomic mass is 10.0. The van der Waals surface area contributed by atoms with E-state index in [9.17, 15) is 19.5 Å². The van der Waals surface area contributed by atoms with Gasteiger partial charge in [-0.1, -0.05) is 11.1 Å². The molecule has 39 heavy (non-hydrogen) atoms. The molecule has 12 heteroatoms. The van der Waals surface area contributed by atoms with Crippen molar-refractivity contribution in [3.63, 3.8) is 0 Å². The minimum Gasteiger partial charge on any atom is -0.480 e. The molecule has 1 aliphatic carbocycles. The number of carbonyl (C=O) groups excluding carboxylic acids is 1. The van der Waals surface area contributed by atoms with Crippen LogP contribution in [0.4, 0.5) is 5.69 Å². The highest BCUT2D eigenvalue weighted by Gasteiger charge is 2.29. The molecule has 5 rings (SSSR count). The summed E-state index contributed by atoms with van der Waals surface area (Å²) < 4.78 is 0. The van der Waals surface area contributed by atoms with Crippen LogP contribution in [0, 0.1) is 19.3 Å². The number of tetrazole rings is 1. The molecule has 0 unspecified atom stereocenters. The molecule has 4 aromatic rings. The number of hydrogen-bond acceptors (Lipinski definition) is 8. The first-order chi connectivity index (χ1) is 18.8. The summed E-state index contributed by atoms with van der Waals surface area (Å²) in [6.45, 7) is 2.08. The summed E-state index contributed by atoms with van der Waals surface area (Å²) in [7, 11) is 0. The number of rotatable bonds is 9. The second-order valence-corrected chi connectivity index (χ2v) is 9.38. The second kappa shape index (κ2) is 10.7. The van der Waals surface area contributed by atoms with Crippen molar-refractivity contribution in [3.8, 4) is 12.3 Å². The van der Waals surface area contributed by atoms with Crippen LogP contribution in [-0.2, 0) is 17.6 Å². The van der Waals surface area contributed by atoms with Crippen molar-refractivity contribution in [3.05, 3.63) is 75.1 Å². The van der Waals surface area contributed by atoms with E-state index in [4.69, 9.17) is 6.42 Å². The number of H-pyrrole nitrogens is 2. The molecule has 0 aliphatic heterocycles. The SMILES string of the molecule is C#CCN(c1ccc(C(=O)N[C@@H](CCc2nn[nH]n2)C(=O)O)cc1)[C@H]1CCc2cc3nc(C)[nH]c(=O)c3cc21. The van der Waals surface area contributed by atoms with E-state index in [1.54, 1.807) is 31.2 Å². The summed E-state index contributed by atoms with van der Waals surface area (Å²) in [4.78, 5) is 46.4. The molecule has 0 fully saturated rings. The van der Waals surface area contributed by atoms with E-state index >= 15 is 0 Å². The van der Waals surface area contributed by atoms with E-state index in [0.717, 1.165) is 29.7 Å². The summed E-state index contributed by atoms with van der Waals surface area (Å²) in [6.07, 6.45) is 7.71. The predicted molar refractivity (Wildman–Crippen MR) is 142 cm³/mol. The van der Waals surface area contributed by atoms with Crippen molar-refractivity contribution < 1.29 is 14.7 Å². The third kappa shape index (κ3) is 5.33. The maximum Gasteiger partial charge on any atom is 0.326 e. The lowest BCUT2D eigenvalue weighted by Gasteiger charge is -2.30. The average molecular weight is 527 g/mol. The number of nitrogens with one attached hydrogen (secondary N) is 3. The highest BCUT2D eigenvalue weighted by Crippen LogP contribution is 2.39. The van der Waals surface area contributed by atoms with E-state index in [1.165, 1.54) is 0 Å². The van der Waals surface area contributed by atoms with Crippen LogP contribution in [0.3, 0.4) is 0 Å². The molecule has 0 saturated carbocycles. The Kier molecular flexibility index (Phi) is 7.05. The summed E-state index contributed by atoms with van der Waals surface area (Å²) in [5, 5.41) is 26.0. The highest BCUT2D eigenvalue weighted by molar-refractivity contribution is 5.96. The van der Waals surface area contributed by atoms with Gasteiger partial charge >= 0.3 is 5.97 Å². The molecule has 0 bridgehead atoms. The monoisotopic (exact) mass is 526 g/mol. The Labute approximate surface area is 222 Å². The van der Waals surface area contributed by atoms with Crippen LogP contribution in [0.25, 0.3) is 10.9 Å². The molecule has 1 amide bonds. The van der Waals surface area contributed by atoms with Crippen LogP contribution in [0.1, 0.15) is 52.0 Å². The highest BCUT2D eigenvalue weighted by atomic mass is 16.4. The predicted octanol–water partition coefficient (Wildman–Crippen LogP) is 1.69. The molecule has 4 N–H and O–H groups in total. The number of aromatic amines is 2. The lowest BCUT2D eigenvalue weighted by Crippen LogP contribution is -2.41. The number of aromatic nitrogens is 6. The van der Waals surface area contributed by atoms with Crippen LogP contribution in [-0.4, -0.2) is 60.2 Å². The number of amides is 1. The molecular formula is C27H26N8O4. The number of terminal acetylenes is 1. The van der Waals surface area contributed by atoms with Gasteiger partial charge in [0.2, 0.25) is 0 Å². The number of carboxylic acid groups (broad SMARTS) is 1. The van der Waals surface area contributed by atoms with E-state index in [-0.39, 0.29) is 24.4 Å². The van der Waals surface area contributed by atoms with Gasteiger partial charge in [-0.25, -0.2) is 9.78 Å². The van der Waals surface area contributed by atoms with Crippen LogP contribution < -0.4 is 15.8 Å². The number of carbonyl (C=O) groups is 2. The summed E-state index contributed by atoms with van der Waals surface area (Å²) in [6, 6.07) is 9.57. The van der Waals surface area contributed by atoms with Crippen LogP contribution in [0.15, 0.2) is 41.2 Å². The molecular weight excluding hydrogens is 500 g/mol. The zero-order chi connectivity index (χ0) is 27.5. The Balaban J connectivity index is 1.35. The molecule has 2 aromatic carbocycles. The third-order valence-electron chi connectivity index (χ3n) is 6.88. The van der Waals surface area contributed by atoms with Crippen molar-refractivity contribution in [2.24, 2.45) is 0 Å². The van der Waals surface area contributed by atoms with Crippen molar-refractivity contribution >= 4 is 28.5 Å². The van der Waals surface area contributed by atoms with E-state index in [0.29, 0.717) is 34.7 Å². The average Bonchev–Trinajstić information content (AvgIpc) is 3.58. The third-order valence-corrected chi connectivity index (χ3v) is 6.88. The first-order valence-electron chi connectivity index (χ1n) is 12.4. The fourth-order valence-corrected chi connectivity index (χ4v) is 5.01. The number of aryl methyl sites for hydroxylation is 3. The molecule has 2 aromatic heterocycles. The summed E-state index contributed by atoms with van der Waals surface area (Å²) in [5.41, 5.74) is 3.78. The number of anilines is 1. The smallest absolute Gasteiger partial charge is 0.326 e. The standard InChI is InChI=1S/C27H26N8O4/c1-3-12-35(23-10-6-17-13-22-20(14-19(17)23)26(37)29-15(2)28-22)18-7-4-16(5-8-18)25(36)30-21(27(38)39)9-11-24-31-33-34-32-24/h1,4-5,7-8,13-14,21,23H,6,9-12H2,2H3,(H,30,36)(H,38,39)(H,28,29,37)(H,31,32,33,34)/t21-,23-/m0/s1. The second-order valence-electron chi connectivity index (χ2n) is 9.38. The zero-order valence-electron chi connectivity index (χ0n) is 21.1. The zero-order valence-corrected chi connectivity index (χ0v) is 21.1. The van der Waals surface area contributed by atoms with Crippen molar-refractivity contribution in [1.29, 1.82) is 0 Å². The number of hydrogen-bond donors (Lipinski definition) is 4. The Hall–Kier alpha value is -5.05. The van der Waals surface area contributed by atoms with Gasteiger partial charge in [-0.3, -0.25) is 9.59 Å². The van der Waals surface area contributed by atoms with Gasteiger partial charge in [0.05, 0.1) is 23.5 Å². The number of nitrogens with zero attached hydrogens (tertiary/aromatic N) is 5. The van der Waals surface area contributed by atoms with Crippen molar-refractivity contribution in [2.75, 3.05) is 11.4 Å². The van der Waals surface area contributed by atoms with Crippen molar-refractivity contribution in [2.45, 2.75) is 44.7 Å². The fourth-order valence-electron chi connectivity index (χ4n) is 5.01. The number of aliphatic carboxylic acids is 1. The van der Waals surface area contributed by atoms with Gasteiger partial charge in [-0.05, 0) is 73.7 Å². The van der Waals surface area contributed by atoms with E-state index in [2.05, 4.69) is 46.7 Å². The molecule has 198 valence electrons. The largest absolute Gasteiger partial charge is 0.480 e. The van der Waals surface area contributed by atoms with Crippen LogP contribution >= 0.6 is 0 Å². The minimum absolute atomic E-state index is 0.0534. The number of fused-ring (bicyclic) bond motifs is 2. The molecule has 2 heterocycles. The molecule has 0 saturated heterocycles. The Bertz CT molecular complexity index is 1620. The van der Waals surface area contributed by atoms with Gasteiger partial charge in [0.25, 0.3) is 11.5 Å². The Morgan fingerprint density at radius 1 is 1.28 bits per heavy atom. The Morgan fingerprint density at radius 3 is 2.77 bits per heavy atom. The first kappa shape index (κ1) is 25.6. The van der Waals surface area contributed by atoms with Gasteiger partial charge < -0.3 is 20.3 Å². The molecule has 12 nitrogen and oxygen atoms in total. The van der Waals surface area contributed by atoms with Crippen LogP contribution in [0.2, 0.25) is 0 Å². The Morgan fingerprint density at radius 2 is 2.08 bits per heavy atom. The molecule has 0 spiro atoms. The van der Waals surface area contributed by atoms with Crippen LogP contribution in [0.5, 0.6) is 0 Å².